The van der Waals surface area contributed by atoms with Crippen LogP contribution >= 0.6 is 0 Å². The van der Waals surface area contributed by atoms with Gasteiger partial charge in [0, 0.05) is 31.0 Å². The molecular formula is C12H13N5. The molecule has 0 aromatic carbocycles. The SMILES string of the molecule is Nc1nccc(-c2ccncn2)c1N1CCC1. The highest BCUT2D eigenvalue weighted by molar-refractivity contribution is 5.83. The van der Waals surface area contributed by atoms with Gasteiger partial charge in [-0.15, -0.1) is 0 Å². The Morgan fingerprint density at radius 2 is 2.00 bits per heavy atom. The number of anilines is 2. The molecule has 2 aromatic rings. The first-order chi connectivity index (χ1) is 8.36. The summed E-state index contributed by atoms with van der Waals surface area (Å²) in [4.78, 5) is 14.6. The second-order valence-corrected chi connectivity index (χ2v) is 4.03. The van der Waals surface area contributed by atoms with Gasteiger partial charge in [0.2, 0.25) is 0 Å². The fourth-order valence-corrected chi connectivity index (χ4v) is 2.00. The van der Waals surface area contributed by atoms with Crippen LogP contribution in [0.15, 0.2) is 30.9 Å². The summed E-state index contributed by atoms with van der Waals surface area (Å²) in [5.74, 6) is 0.570. The molecular weight excluding hydrogens is 214 g/mol. The standard InChI is InChI=1S/C12H13N5/c13-12-11(17-6-1-7-17)9(2-5-15-12)10-3-4-14-8-16-10/h2-5,8H,1,6-7H2,(H2,13,15). The molecule has 86 valence electrons. The van der Waals surface area contributed by atoms with E-state index < -0.39 is 0 Å². The highest BCUT2D eigenvalue weighted by Gasteiger charge is 2.21. The third-order valence-electron chi connectivity index (χ3n) is 2.98. The van der Waals surface area contributed by atoms with Gasteiger partial charge in [-0.1, -0.05) is 0 Å². The molecule has 1 saturated heterocycles. The Morgan fingerprint density at radius 1 is 1.12 bits per heavy atom. The molecule has 1 fully saturated rings. The second kappa shape index (κ2) is 4.01. The molecule has 0 saturated carbocycles. The molecule has 3 rings (SSSR count). The van der Waals surface area contributed by atoms with Crippen molar-refractivity contribution < 1.29 is 0 Å². The topological polar surface area (TPSA) is 67.9 Å². The molecule has 0 unspecified atom stereocenters. The van der Waals surface area contributed by atoms with E-state index in [9.17, 15) is 0 Å². The molecule has 0 spiro atoms. The number of hydrogen-bond acceptors (Lipinski definition) is 5. The van der Waals surface area contributed by atoms with Crippen molar-refractivity contribution in [2.24, 2.45) is 0 Å². The number of hydrogen-bond donors (Lipinski definition) is 1. The van der Waals surface area contributed by atoms with E-state index in [0.29, 0.717) is 5.82 Å². The minimum absolute atomic E-state index is 0.570. The van der Waals surface area contributed by atoms with Gasteiger partial charge in [0.25, 0.3) is 0 Å². The van der Waals surface area contributed by atoms with E-state index in [1.807, 2.05) is 12.1 Å². The summed E-state index contributed by atoms with van der Waals surface area (Å²) < 4.78 is 0. The summed E-state index contributed by atoms with van der Waals surface area (Å²) in [6, 6.07) is 3.84. The monoisotopic (exact) mass is 227 g/mol. The highest BCUT2D eigenvalue weighted by Crippen LogP contribution is 2.35. The first kappa shape index (κ1) is 10.0. The number of nitrogens with two attached hydrogens (primary N) is 1. The van der Waals surface area contributed by atoms with Crippen molar-refractivity contribution in [1.82, 2.24) is 15.0 Å². The summed E-state index contributed by atoms with van der Waals surface area (Å²) in [5.41, 5.74) is 8.88. The summed E-state index contributed by atoms with van der Waals surface area (Å²) in [5, 5.41) is 0. The van der Waals surface area contributed by atoms with Gasteiger partial charge in [0.05, 0.1) is 11.4 Å². The largest absolute Gasteiger partial charge is 0.382 e. The lowest BCUT2D eigenvalue weighted by Gasteiger charge is -2.35. The molecule has 1 aliphatic rings. The zero-order valence-electron chi connectivity index (χ0n) is 9.37. The quantitative estimate of drug-likeness (QED) is 0.838. The zero-order valence-corrected chi connectivity index (χ0v) is 9.37. The van der Waals surface area contributed by atoms with Crippen LogP contribution in [0.3, 0.4) is 0 Å². The molecule has 0 bridgehead atoms. The van der Waals surface area contributed by atoms with E-state index >= 15 is 0 Å². The van der Waals surface area contributed by atoms with Gasteiger partial charge < -0.3 is 10.6 Å². The van der Waals surface area contributed by atoms with Crippen LogP contribution in [0.4, 0.5) is 11.5 Å². The Bertz CT molecular complexity index is 522. The summed E-state index contributed by atoms with van der Waals surface area (Å²) in [6.07, 6.45) is 6.21. The van der Waals surface area contributed by atoms with Crippen molar-refractivity contribution in [3.05, 3.63) is 30.9 Å². The third kappa shape index (κ3) is 1.69. The summed E-state index contributed by atoms with van der Waals surface area (Å²) in [6.45, 7) is 2.07. The fourth-order valence-electron chi connectivity index (χ4n) is 2.00. The van der Waals surface area contributed by atoms with E-state index in [1.54, 1.807) is 18.7 Å². The number of nitrogen functional groups attached to an aromatic ring is 1. The smallest absolute Gasteiger partial charge is 0.147 e. The van der Waals surface area contributed by atoms with Gasteiger partial charge >= 0.3 is 0 Å². The van der Waals surface area contributed by atoms with Crippen LogP contribution in [0.5, 0.6) is 0 Å². The van der Waals surface area contributed by atoms with Gasteiger partial charge in [0.1, 0.15) is 12.1 Å². The van der Waals surface area contributed by atoms with Crippen molar-refractivity contribution in [3.63, 3.8) is 0 Å². The van der Waals surface area contributed by atoms with E-state index in [1.165, 1.54) is 6.42 Å². The van der Waals surface area contributed by atoms with Crippen molar-refractivity contribution in [3.8, 4) is 11.3 Å². The molecule has 2 aromatic heterocycles. The van der Waals surface area contributed by atoms with Gasteiger partial charge in [-0.2, -0.15) is 0 Å². The Kier molecular flexibility index (Phi) is 2.36. The summed E-state index contributed by atoms with van der Waals surface area (Å²) >= 11 is 0. The highest BCUT2D eigenvalue weighted by atomic mass is 15.2. The average Bonchev–Trinajstić information content (AvgIpc) is 2.31. The van der Waals surface area contributed by atoms with Gasteiger partial charge in [0.15, 0.2) is 0 Å². The first-order valence-electron chi connectivity index (χ1n) is 5.62. The van der Waals surface area contributed by atoms with Crippen molar-refractivity contribution in [2.45, 2.75) is 6.42 Å². The first-order valence-corrected chi connectivity index (χ1v) is 5.62. The maximum atomic E-state index is 5.97. The number of nitrogens with zero attached hydrogens (tertiary/aromatic N) is 4. The van der Waals surface area contributed by atoms with Gasteiger partial charge in [-0.3, -0.25) is 0 Å². The maximum Gasteiger partial charge on any atom is 0.147 e. The molecule has 2 N–H and O–H groups in total. The van der Waals surface area contributed by atoms with Crippen LogP contribution in [0, 0.1) is 0 Å². The lowest BCUT2D eigenvalue weighted by molar-refractivity contribution is 0.618. The molecule has 5 nitrogen and oxygen atoms in total. The molecule has 3 heterocycles. The van der Waals surface area contributed by atoms with E-state index in [4.69, 9.17) is 5.73 Å². The zero-order chi connectivity index (χ0) is 11.7. The summed E-state index contributed by atoms with van der Waals surface area (Å²) in [7, 11) is 0. The maximum absolute atomic E-state index is 5.97. The van der Waals surface area contributed by atoms with E-state index in [0.717, 1.165) is 30.0 Å². The Morgan fingerprint density at radius 3 is 2.65 bits per heavy atom. The Balaban J connectivity index is 2.13. The van der Waals surface area contributed by atoms with Crippen molar-refractivity contribution in [2.75, 3.05) is 23.7 Å². The van der Waals surface area contributed by atoms with E-state index in [2.05, 4.69) is 19.9 Å². The van der Waals surface area contributed by atoms with Crippen LogP contribution < -0.4 is 10.6 Å². The van der Waals surface area contributed by atoms with Crippen LogP contribution in [-0.4, -0.2) is 28.0 Å². The van der Waals surface area contributed by atoms with Crippen molar-refractivity contribution >= 4 is 11.5 Å². The molecule has 0 radical (unpaired) electrons. The third-order valence-corrected chi connectivity index (χ3v) is 2.98. The molecule has 5 heteroatoms. The molecule has 17 heavy (non-hydrogen) atoms. The van der Waals surface area contributed by atoms with Crippen LogP contribution in [0.2, 0.25) is 0 Å². The average molecular weight is 227 g/mol. The Hall–Kier alpha value is -2.17. The predicted molar refractivity (Wildman–Crippen MR) is 66.5 cm³/mol. The number of rotatable bonds is 2. The number of pyridine rings is 1. The normalized spacial score (nSPS) is 14.5. The van der Waals surface area contributed by atoms with Crippen LogP contribution in [-0.2, 0) is 0 Å². The fraction of sp³-hybridized carbons (Fsp3) is 0.250. The predicted octanol–water partition coefficient (Wildman–Crippen LogP) is 1.33. The number of aromatic nitrogens is 3. The lowest BCUT2D eigenvalue weighted by Crippen LogP contribution is -2.38. The molecule has 1 aliphatic heterocycles. The van der Waals surface area contributed by atoms with Crippen LogP contribution in [0.25, 0.3) is 11.3 Å². The molecule has 0 aliphatic carbocycles. The minimum Gasteiger partial charge on any atom is -0.382 e. The van der Waals surface area contributed by atoms with E-state index in [-0.39, 0.29) is 0 Å². The lowest BCUT2D eigenvalue weighted by atomic mass is 10.1. The minimum atomic E-state index is 0.570. The van der Waals surface area contributed by atoms with Crippen molar-refractivity contribution in [1.29, 1.82) is 0 Å². The van der Waals surface area contributed by atoms with Gasteiger partial charge in [-0.25, -0.2) is 15.0 Å². The Labute approximate surface area is 99.3 Å². The van der Waals surface area contributed by atoms with Gasteiger partial charge in [-0.05, 0) is 18.6 Å². The van der Waals surface area contributed by atoms with Crippen LogP contribution in [0.1, 0.15) is 6.42 Å². The molecule has 0 amide bonds. The second-order valence-electron chi connectivity index (χ2n) is 4.03. The molecule has 0 atom stereocenters.